The summed E-state index contributed by atoms with van der Waals surface area (Å²) in [5.74, 6) is 0. The zero-order chi connectivity index (χ0) is 17.0. The van der Waals surface area contributed by atoms with Crippen LogP contribution in [0.5, 0.6) is 0 Å². The molecule has 144 valence electrons. The Morgan fingerprint density at radius 2 is 1.35 bits per heavy atom. The summed E-state index contributed by atoms with van der Waals surface area (Å²) < 4.78 is 0. The molecular formula is C20H49N3. The molecule has 0 aromatic rings. The van der Waals surface area contributed by atoms with Gasteiger partial charge in [0, 0.05) is 15.4 Å². The largest absolute Gasteiger partial charge is 0.330 e. The Morgan fingerprint density at radius 3 is 1.91 bits per heavy atom. The van der Waals surface area contributed by atoms with E-state index < -0.39 is 0 Å². The number of hydrazine groups is 1. The van der Waals surface area contributed by atoms with Crippen molar-refractivity contribution in [2.24, 2.45) is 5.73 Å². The normalized spacial score (nSPS) is 15.3. The lowest BCUT2D eigenvalue weighted by Crippen LogP contribution is -2.42. The average molecular weight is 332 g/mol. The first kappa shape index (κ1) is 22.9. The van der Waals surface area contributed by atoms with E-state index in [4.69, 9.17) is 5.73 Å². The van der Waals surface area contributed by atoms with Crippen molar-refractivity contribution in [3.8, 4) is 0 Å². The Labute approximate surface area is 149 Å². The molecule has 0 atom stereocenters. The van der Waals surface area contributed by atoms with Crippen molar-refractivity contribution in [2.45, 2.75) is 116 Å². The van der Waals surface area contributed by atoms with Gasteiger partial charge in [0.15, 0.2) is 0 Å². The zero-order valence-electron chi connectivity index (χ0n) is 16.2. The maximum absolute atomic E-state index is 5.31. The minimum absolute atomic E-state index is 0. The fourth-order valence-electron chi connectivity index (χ4n) is 3.03. The minimum atomic E-state index is 0. The number of rotatable bonds is 13. The van der Waals surface area contributed by atoms with E-state index in [1.807, 2.05) is 0 Å². The summed E-state index contributed by atoms with van der Waals surface area (Å²) >= 11 is 0. The van der Waals surface area contributed by atoms with Crippen molar-refractivity contribution in [1.29, 1.82) is 0 Å². The lowest BCUT2D eigenvalue weighted by molar-refractivity contribution is 0.332. The van der Waals surface area contributed by atoms with E-state index in [1.54, 1.807) is 0 Å². The maximum Gasteiger partial charge on any atom is 0.0212 e. The standard InChI is InChI=1S/C13H28N2.C7H17N.2H2/c1-2-3-4-5-9-12-14-15-13-10-7-6-8-11-13;1-2-3-4-5-6-7-8;;/h13-15H,2-12H2,1H3;2-8H2,1H3;2*1H. The van der Waals surface area contributed by atoms with Crippen molar-refractivity contribution >= 4 is 0 Å². The van der Waals surface area contributed by atoms with E-state index in [0.717, 1.165) is 19.1 Å². The summed E-state index contributed by atoms with van der Waals surface area (Å²) in [5, 5.41) is 0. The van der Waals surface area contributed by atoms with Crippen LogP contribution in [-0.2, 0) is 0 Å². The van der Waals surface area contributed by atoms with Gasteiger partial charge in [-0.25, -0.2) is 0 Å². The van der Waals surface area contributed by atoms with Crippen LogP contribution < -0.4 is 16.6 Å². The predicted molar refractivity (Wildman–Crippen MR) is 109 cm³/mol. The summed E-state index contributed by atoms with van der Waals surface area (Å²) in [4.78, 5) is 0. The fraction of sp³-hybridized carbons (Fsp3) is 1.00. The van der Waals surface area contributed by atoms with E-state index in [1.165, 1.54) is 96.3 Å². The number of nitrogens with two attached hydrogens (primary N) is 1. The van der Waals surface area contributed by atoms with Crippen molar-refractivity contribution in [3.63, 3.8) is 0 Å². The predicted octanol–water partition coefficient (Wildman–Crippen LogP) is 5.79. The molecule has 0 amide bonds. The van der Waals surface area contributed by atoms with E-state index in [2.05, 4.69) is 24.7 Å². The molecule has 0 bridgehead atoms. The van der Waals surface area contributed by atoms with Crippen LogP contribution in [0.2, 0.25) is 0 Å². The van der Waals surface area contributed by atoms with Crippen molar-refractivity contribution in [3.05, 3.63) is 0 Å². The first-order valence-electron chi connectivity index (χ1n) is 10.5. The third-order valence-electron chi connectivity index (χ3n) is 4.62. The van der Waals surface area contributed by atoms with Gasteiger partial charge >= 0.3 is 0 Å². The molecule has 0 spiro atoms. The van der Waals surface area contributed by atoms with Crippen LogP contribution in [0.15, 0.2) is 0 Å². The van der Waals surface area contributed by atoms with E-state index in [-0.39, 0.29) is 2.85 Å². The molecule has 1 fully saturated rings. The van der Waals surface area contributed by atoms with Gasteiger partial charge in [-0.1, -0.05) is 84.5 Å². The fourth-order valence-corrected chi connectivity index (χ4v) is 3.03. The van der Waals surface area contributed by atoms with Crippen LogP contribution in [0.1, 0.15) is 113 Å². The molecule has 0 radical (unpaired) electrons. The lowest BCUT2D eigenvalue weighted by Gasteiger charge is -2.23. The molecule has 3 heteroatoms. The second kappa shape index (κ2) is 19.9. The number of hydrogen-bond donors (Lipinski definition) is 3. The molecule has 0 unspecified atom stereocenters. The smallest absolute Gasteiger partial charge is 0.0212 e. The Kier molecular flexibility index (Phi) is 19.8. The summed E-state index contributed by atoms with van der Waals surface area (Å²) in [6.45, 7) is 6.50. The Morgan fingerprint density at radius 1 is 0.783 bits per heavy atom. The van der Waals surface area contributed by atoms with Gasteiger partial charge < -0.3 is 5.73 Å². The van der Waals surface area contributed by atoms with Crippen LogP contribution >= 0.6 is 0 Å². The van der Waals surface area contributed by atoms with Gasteiger partial charge in [0.2, 0.25) is 0 Å². The van der Waals surface area contributed by atoms with Gasteiger partial charge in [-0.3, -0.25) is 10.9 Å². The highest BCUT2D eigenvalue weighted by atomic mass is 15.4. The second-order valence-corrected chi connectivity index (χ2v) is 7.02. The minimum Gasteiger partial charge on any atom is -0.330 e. The third-order valence-corrected chi connectivity index (χ3v) is 4.62. The summed E-state index contributed by atoms with van der Waals surface area (Å²) in [7, 11) is 0. The van der Waals surface area contributed by atoms with Crippen LogP contribution in [-0.4, -0.2) is 19.1 Å². The second-order valence-electron chi connectivity index (χ2n) is 7.02. The molecule has 23 heavy (non-hydrogen) atoms. The highest BCUT2D eigenvalue weighted by Crippen LogP contribution is 2.16. The first-order valence-corrected chi connectivity index (χ1v) is 10.5. The van der Waals surface area contributed by atoms with Crippen LogP contribution in [0, 0.1) is 0 Å². The number of hydrogen-bond acceptors (Lipinski definition) is 3. The van der Waals surface area contributed by atoms with Gasteiger partial charge in [-0.2, -0.15) is 0 Å². The molecule has 1 rings (SSSR count). The van der Waals surface area contributed by atoms with E-state index in [0.29, 0.717) is 0 Å². The summed E-state index contributed by atoms with van der Waals surface area (Å²) in [5.41, 5.74) is 12.2. The quantitative estimate of drug-likeness (QED) is 0.296. The molecule has 1 aliphatic rings. The topological polar surface area (TPSA) is 50.1 Å². The van der Waals surface area contributed by atoms with Gasteiger partial charge in [-0.05, 0) is 32.2 Å². The average Bonchev–Trinajstić information content (AvgIpc) is 2.60. The molecule has 0 aromatic heterocycles. The number of unbranched alkanes of at least 4 members (excludes halogenated alkanes) is 8. The van der Waals surface area contributed by atoms with Crippen LogP contribution in [0.25, 0.3) is 0 Å². The highest BCUT2D eigenvalue weighted by molar-refractivity contribution is 4.69. The van der Waals surface area contributed by atoms with E-state index >= 15 is 0 Å². The molecule has 0 saturated heterocycles. The first-order chi connectivity index (χ1) is 11.3. The Balaban J connectivity index is -0.000000421. The SMILES string of the molecule is CCCCCCCN.CCCCCCCNNC1CCCCC1.[HH].[HH]. The summed E-state index contributed by atoms with van der Waals surface area (Å²) in [6, 6.07) is 0.745. The third kappa shape index (κ3) is 18.1. The molecule has 0 heterocycles. The van der Waals surface area contributed by atoms with Crippen molar-refractivity contribution in [2.75, 3.05) is 13.1 Å². The zero-order valence-corrected chi connectivity index (χ0v) is 16.2. The lowest BCUT2D eigenvalue weighted by atomic mass is 9.96. The molecule has 1 saturated carbocycles. The van der Waals surface area contributed by atoms with Gasteiger partial charge in [0.05, 0.1) is 0 Å². The molecule has 1 aliphatic carbocycles. The molecule has 4 N–H and O–H groups in total. The van der Waals surface area contributed by atoms with Gasteiger partial charge in [-0.15, -0.1) is 0 Å². The Hall–Kier alpha value is -0.120. The van der Waals surface area contributed by atoms with Gasteiger partial charge in [0.1, 0.15) is 0 Å². The molecule has 0 aliphatic heterocycles. The summed E-state index contributed by atoms with van der Waals surface area (Å²) in [6.07, 6.45) is 20.4. The van der Waals surface area contributed by atoms with Crippen molar-refractivity contribution < 1.29 is 2.85 Å². The van der Waals surface area contributed by atoms with Crippen LogP contribution in [0.4, 0.5) is 0 Å². The molecular weight excluding hydrogens is 282 g/mol. The molecule has 3 nitrogen and oxygen atoms in total. The molecule has 0 aromatic carbocycles. The van der Waals surface area contributed by atoms with Crippen LogP contribution in [0.3, 0.4) is 0 Å². The maximum atomic E-state index is 5.31. The van der Waals surface area contributed by atoms with Gasteiger partial charge in [0.25, 0.3) is 0 Å². The number of nitrogens with one attached hydrogen (secondary N) is 2. The van der Waals surface area contributed by atoms with Crippen molar-refractivity contribution in [1.82, 2.24) is 10.9 Å². The highest BCUT2D eigenvalue weighted by Gasteiger charge is 2.11. The van der Waals surface area contributed by atoms with E-state index in [9.17, 15) is 0 Å². The monoisotopic (exact) mass is 331 g/mol. The Bertz CT molecular complexity index is 207.